The molecule has 2 rings (SSSR count). The first-order valence-corrected chi connectivity index (χ1v) is 5.47. The van der Waals surface area contributed by atoms with Gasteiger partial charge in [0.2, 0.25) is 0 Å². The highest BCUT2D eigenvalue weighted by atomic mass is 16.1. The Morgan fingerprint density at radius 3 is 3.00 bits per heavy atom. The van der Waals surface area contributed by atoms with Gasteiger partial charge >= 0.3 is 0 Å². The van der Waals surface area contributed by atoms with Crippen molar-refractivity contribution in [1.29, 1.82) is 0 Å². The van der Waals surface area contributed by atoms with Crippen molar-refractivity contribution in [2.24, 2.45) is 5.73 Å². The van der Waals surface area contributed by atoms with E-state index in [1.807, 2.05) is 32.0 Å². The van der Waals surface area contributed by atoms with Crippen LogP contribution in [-0.2, 0) is 0 Å². The van der Waals surface area contributed by atoms with Crippen molar-refractivity contribution in [2.45, 2.75) is 19.4 Å². The molecule has 0 aliphatic rings. The zero-order chi connectivity index (χ0) is 12.5. The number of nitrogens with one attached hydrogen (secondary N) is 1. The highest BCUT2D eigenvalue weighted by Gasteiger charge is 2.16. The highest BCUT2D eigenvalue weighted by molar-refractivity contribution is 6.00. The Kier molecular flexibility index (Phi) is 2.85. The third-order valence-corrected chi connectivity index (χ3v) is 2.38. The van der Waals surface area contributed by atoms with E-state index in [1.54, 1.807) is 16.9 Å². The summed E-state index contributed by atoms with van der Waals surface area (Å²) in [7, 11) is 0. The number of carbonyl (C=O) groups excluding carboxylic acids is 1. The Bertz CT molecular complexity index is 539. The van der Waals surface area contributed by atoms with Gasteiger partial charge in [0.05, 0.1) is 17.3 Å². The van der Waals surface area contributed by atoms with Crippen molar-refractivity contribution in [1.82, 2.24) is 14.9 Å². The summed E-state index contributed by atoms with van der Waals surface area (Å²) in [4.78, 5) is 11.9. The van der Waals surface area contributed by atoms with Gasteiger partial charge in [-0.05, 0) is 26.0 Å². The van der Waals surface area contributed by atoms with Crippen LogP contribution in [0.15, 0.2) is 30.6 Å². The van der Waals surface area contributed by atoms with Crippen LogP contribution in [0.4, 0.5) is 0 Å². The van der Waals surface area contributed by atoms with Crippen LogP contribution >= 0.6 is 0 Å². The molecular formula is C12H16N4O. The first kappa shape index (κ1) is 11.6. The van der Waals surface area contributed by atoms with Gasteiger partial charge in [-0.1, -0.05) is 6.07 Å². The van der Waals surface area contributed by atoms with E-state index in [-0.39, 0.29) is 5.91 Å². The van der Waals surface area contributed by atoms with E-state index in [0.717, 1.165) is 5.52 Å². The minimum Gasteiger partial charge on any atom is -0.350 e. The quantitative estimate of drug-likeness (QED) is 0.822. The molecule has 0 bridgehead atoms. The smallest absolute Gasteiger partial charge is 0.255 e. The summed E-state index contributed by atoms with van der Waals surface area (Å²) in [6.45, 7) is 4.16. The first-order valence-electron chi connectivity index (χ1n) is 5.47. The number of rotatable bonds is 3. The molecule has 0 spiro atoms. The minimum absolute atomic E-state index is 0.148. The summed E-state index contributed by atoms with van der Waals surface area (Å²) >= 11 is 0. The molecule has 2 aromatic heterocycles. The number of pyridine rings is 1. The summed E-state index contributed by atoms with van der Waals surface area (Å²) in [5.41, 5.74) is 6.75. The number of aromatic nitrogens is 2. The first-order chi connectivity index (χ1) is 7.97. The lowest BCUT2D eigenvalue weighted by atomic mass is 10.1. The molecule has 0 aromatic carbocycles. The zero-order valence-electron chi connectivity index (χ0n) is 9.97. The van der Waals surface area contributed by atoms with Gasteiger partial charge < -0.3 is 11.1 Å². The maximum absolute atomic E-state index is 11.9. The normalized spacial score (nSPS) is 11.7. The molecular weight excluding hydrogens is 216 g/mol. The molecule has 2 heterocycles. The van der Waals surface area contributed by atoms with Crippen LogP contribution in [0, 0.1) is 0 Å². The Morgan fingerprint density at radius 2 is 2.29 bits per heavy atom. The molecule has 0 aliphatic heterocycles. The Hall–Kier alpha value is -1.88. The fraction of sp³-hybridized carbons (Fsp3) is 0.333. The van der Waals surface area contributed by atoms with Crippen LogP contribution in [0.5, 0.6) is 0 Å². The number of fused-ring (bicyclic) bond motifs is 1. The molecule has 5 heteroatoms. The fourth-order valence-electron chi connectivity index (χ4n) is 1.51. The van der Waals surface area contributed by atoms with E-state index in [9.17, 15) is 4.79 Å². The molecule has 3 N–H and O–H groups in total. The van der Waals surface area contributed by atoms with Gasteiger partial charge in [0.15, 0.2) is 0 Å². The van der Waals surface area contributed by atoms with Crippen molar-refractivity contribution in [3.63, 3.8) is 0 Å². The van der Waals surface area contributed by atoms with Crippen molar-refractivity contribution in [3.05, 3.63) is 36.2 Å². The molecule has 0 fully saturated rings. The average Bonchev–Trinajstić information content (AvgIpc) is 2.68. The number of hydrogen-bond donors (Lipinski definition) is 2. The molecule has 0 radical (unpaired) electrons. The van der Waals surface area contributed by atoms with Gasteiger partial charge in [0, 0.05) is 18.3 Å². The van der Waals surface area contributed by atoms with E-state index >= 15 is 0 Å². The van der Waals surface area contributed by atoms with Crippen LogP contribution < -0.4 is 11.1 Å². The molecule has 2 aromatic rings. The van der Waals surface area contributed by atoms with Crippen LogP contribution in [0.25, 0.3) is 5.52 Å². The largest absolute Gasteiger partial charge is 0.350 e. The standard InChI is InChI=1S/C12H16N4O/c1-12(2,13)8-14-11(17)9-7-15-16-6-4-3-5-10(9)16/h3-7H,8,13H2,1-2H3,(H,14,17). The van der Waals surface area contributed by atoms with Crippen molar-refractivity contribution < 1.29 is 4.79 Å². The van der Waals surface area contributed by atoms with Crippen LogP contribution in [-0.4, -0.2) is 27.6 Å². The van der Waals surface area contributed by atoms with Gasteiger partial charge in [-0.15, -0.1) is 0 Å². The maximum atomic E-state index is 11.9. The van der Waals surface area contributed by atoms with E-state index in [4.69, 9.17) is 5.73 Å². The Labute approximate surface area is 99.6 Å². The van der Waals surface area contributed by atoms with Crippen LogP contribution in [0.1, 0.15) is 24.2 Å². The highest BCUT2D eigenvalue weighted by Crippen LogP contribution is 2.09. The number of nitrogens with two attached hydrogens (primary N) is 1. The van der Waals surface area contributed by atoms with E-state index in [1.165, 1.54) is 0 Å². The van der Waals surface area contributed by atoms with Gasteiger partial charge in [-0.3, -0.25) is 4.79 Å². The second kappa shape index (κ2) is 4.18. The molecule has 0 atom stereocenters. The van der Waals surface area contributed by atoms with E-state index in [0.29, 0.717) is 12.1 Å². The Balaban J connectivity index is 2.20. The lowest BCUT2D eigenvalue weighted by molar-refractivity contribution is 0.0947. The SMILES string of the molecule is CC(C)(N)CNC(=O)c1cnn2ccccc12. The topological polar surface area (TPSA) is 72.4 Å². The molecule has 1 amide bonds. The fourth-order valence-corrected chi connectivity index (χ4v) is 1.51. The number of carbonyl (C=O) groups is 1. The summed E-state index contributed by atoms with van der Waals surface area (Å²) in [6.07, 6.45) is 3.37. The third kappa shape index (κ3) is 2.62. The van der Waals surface area contributed by atoms with Gasteiger partial charge in [-0.25, -0.2) is 4.52 Å². The van der Waals surface area contributed by atoms with Crippen molar-refractivity contribution in [2.75, 3.05) is 6.54 Å². The van der Waals surface area contributed by atoms with Crippen LogP contribution in [0.2, 0.25) is 0 Å². The zero-order valence-corrected chi connectivity index (χ0v) is 9.97. The number of nitrogens with zero attached hydrogens (tertiary/aromatic N) is 2. The summed E-state index contributed by atoms with van der Waals surface area (Å²) in [5.74, 6) is -0.148. The second-order valence-electron chi connectivity index (χ2n) is 4.76. The van der Waals surface area contributed by atoms with Crippen molar-refractivity contribution in [3.8, 4) is 0 Å². The third-order valence-electron chi connectivity index (χ3n) is 2.38. The van der Waals surface area contributed by atoms with Gasteiger partial charge in [0.25, 0.3) is 5.91 Å². The maximum Gasteiger partial charge on any atom is 0.255 e. The lowest BCUT2D eigenvalue weighted by Gasteiger charge is -2.18. The number of amides is 1. The predicted octanol–water partition coefficient (Wildman–Crippen LogP) is 0.801. The lowest BCUT2D eigenvalue weighted by Crippen LogP contribution is -2.45. The molecule has 0 saturated carbocycles. The van der Waals surface area contributed by atoms with Gasteiger partial charge in [-0.2, -0.15) is 5.10 Å². The Morgan fingerprint density at radius 1 is 1.53 bits per heavy atom. The molecule has 90 valence electrons. The van der Waals surface area contributed by atoms with Crippen LogP contribution in [0.3, 0.4) is 0 Å². The average molecular weight is 232 g/mol. The summed E-state index contributed by atoms with van der Waals surface area (Å²) < 4.78 is 1.67. The second-order valence-corrected chi connectivity index (χ2v) is 4.76. The monoisotopic (exact) mass is 232 g/mol. The molecule has 0 aliphatic carbocycles. The molecule has 5 nitrogen and oxygen atoms in total. The molecule has 0 saturated heterocycles. The van der Waals surface area contributed by atoms with Gasteiger partial charge in [0.1, 0.15) is 0 Å². The molecule has 17 heavy (non-hydrogen) atoms. The van der Waals surface area contributed by atoms with E-state index < -0.39 is 5.54 Å². The minimum atomic E-state index is -0.418. The van der Waals surface area contributed by atoms with Crippen molar-refractivity contribution >= 4 is 11.4 Å². The summed E-state index contributed by atoms with van der Waals surface area (Å²) in [5, 5.41) is 6.91. The molecule has 0 unspecified atom stereocenters. The summed E-state index contributed by atoms with van der Waals surface area (Å²) in [6, 6.07) is 5.60. The van der Waals surface area contributed by atoms with E-state index in [2.05, 4.69) is 10.4 Å². The predicted molar refractivity (Wildman–Crippen MR) is 65.8 cm³/mol. The number of hydrogen-bond acceptors (Lipinski definition) is 3.